The first-order valence-electron chi connectivity index (χ1n) is 9.81. The lowest BCUT2D eigenvalue weighted by atomic mass is 10.1. The number of furan rings is 1. The van der Waals surface area contributed by atoms with Crippen molar-refractivity contribution in [3.8, 4) is 0 Å². The number of aryl methyl sites for hydroxylation is 1. The molecule has 1 amide bonds. The van der Waals surface area contributed by atoms with Crippen molar-refractivity contribution in [2.24, 2.45) is 14.1 Å². The number of carbonyl (C=O) groups is 1. The number of hydrogen-bond donors (Lipinski definition) is 0. The first kappa shape index (κ1) is 21.1. The summed E-state index contributed by atoms with van der Waals surface area (Å²) in [6, 6.07) is 3.28. The molecule has 0 N–H and O–H groups in total. The molecule has 1 aliphatic heterocycles. The van der Waals surface area contributed by atoms with Crippen LogP contribution in [-0.4, -0.2) is 56.2 Å². The first-order chi connectivity index (χ1) is 14.7. The summed E-state index contributed by atoms with van der Waals surface area (Å²) in [5.41, 5.74) is -0.629. The first-order valence-corrected chi connectivity index (χ1v) is 11.5. The van der Waals surface area contributed by atoms with E-state index in [4.69, 9.17) is 4.42 Å². The van der Waals surface area contributed by atoms with Gasteiger partial charge >= 0.3 is 5.69 Å². The molecule has 0 aliphatic carbocycles. The Hall–Kier alpha value is -3.15. The van der Waals surface area contributed by atoms with Crippen molar-refractivity contribution in [3.05, 3.63) is 51.3 Å². The van der Waals surface area contributed by atoms with Crippen LogP contribution < -0.4 is 11.2 Å². The zero-order valence-electron chi connectivity index (χ0n) is 17.2. The predicted molar refractivity (Wildman–Crippen MR) is 111 cm³/mol. The summed E-state index contributed by atoms with van der Waals surface area (Å²) in [7, 11) is -0.493. The number of imidazole rings is 1. The number of piperidine rings is 1. The van der Waals surface area contributed by atoms with Gasteiger partial charge in [-0.25, -0.2) is 18.2 Å². The molecule has 12 heteroatoms. The lowest BCUT2D eigenvalue weighted by Gasteiger charge is -2.31. The van der Waals surface area contributed by atoms with Crippen LogP contribution in [-0.2, 0) is 41.0 Å². The minimum Gasteiger partial charge on any atom is -0.468 e. The Morgan fingerprint density at radius 1 is 1.19 bits per heavy atom. The van der Waals surface area contributed by atoms with E-state index in [0.717, 1.165) is 4.57 Å². The fraction of sp³-hybridized carbons (Fsp3) is 0.474. The maximum atomic E-state index is 12.8. The number of likely N-dealkylation sites (tertiary alicyclic amines) is 1. The molecule has 1 aliphatic rings. The number of aromatic nitrogens is 4. The molecule has 3 aromatic heterocycles. The van der Waals surface area contributed by atoms with Crippen molar-refractivity contribution in [1.29, 1.82) is 0 Å². The highest BCUT2D eigenvalue weighted by Gasteiger charge is 2.32. The van der Waals surface area contributed by atoms with Gasteiger partial charge in [0.25, 0.3) is 5.56 Å². The molecule has 0 bridgehead atoms. The van der Waals surface area contributed by atoms with Crippen molar-refractivity contribution in [2.75, 3.05) is 13.1 Å². The van der Waals surface area contributed by atoms with E-state index in [0.29, 0.717) is 31.7 Å². The second-order valence-electron chi connectivity index (χ2n) is 7.72. The SMILES string of the molecule is Cn1c(=O)c2c(ncn2CC(=O)N2CCC(S(=O)(=O)Cc3ccco3)CC2)n(C)c1=O. The standard InChI is InChI=1S/C19H23N5O6S/c1-21-17-16(18(26)22(2)19(21)27)24(12-20-17)10-15(25)23-7-5-14(6-8-23)31(28,29)11-13-4-3-9-30-13/h3-4,9,12,14H,5-8,10-11H2,1-2H3. The highest BCUT2D eigenvalue weighted by molar-refractivity contribution is 7.91. The predicted octanol–water partition coefficient (Wildman–Crippen LogP) is -0.367. The molecular formula is C19H23N5O6S. The normalized spacial score (nSPS) is 15.6. The van der Waals surface area contributed by atoms with Crippen LogP contribution >= 0.6 is 0 Å². The minimum absolute atomic E-state index is 0.117. The third-order valence-electron chi connectivity index (χ3n) is 5.75. The minimum atomic E-state index is -3.38. The van der Waals surface area contributed by atoms with Crippen LogP contribution in [0, 0.1) is 0 Å². The number of nitrogens with zero attached hydrogens (tertiary/aromatic N) is 5. The number of amides is 1. The van der Waals surface area contributed by atoms with Crippen molar-refractivity contribution in [1.82, 2.24) is 23.6 Å². The van der Waals surface area contributed by atoms with E-state index in [9.17, 15) is 22.8 Å². The number of rotatable bonds is 5. The third-order valence-corrected chi connectivity index (χ3v) is 7.92. The zero-order valence-corrected chi connectivity index (χ0v) is 18.0. The summed E-state index contributed by atoms with van der Waals surface area (Å²) in [5.74, 6) is 0.0142. The van der Waals surface area contributed by atoms with E-state index in [1.807, 2.05) is 0 Å². The molecule has 0 spiro atoms. The zero-order chi connectivity index (χ0) is 22.3. The summed E-state index contributed by atoms with van der Waals surface area (Å²) in [4.78, 5) is 43.1. The van der Waals surface area contributed by atoms with Gasteiger partial charge in [-0.15, -0.1) is 0 Å². The molecule has 1 fully saturated rings. The summed E-state index contributed by atoms with van der Waals surface area (Å²) < 4.78 is 34.0. The Bertz CT molecular complexity index is 1340. The van der Waals surface area contributed by atoms with Crippen LogP contribution in [0.15, 0.2) is 38.7 Å². The van der Waals surface area contributed by atoms with Gasteiger partial charge in [0.15, 0.2) is 21.0 Å². The van der Waals surface area contributed by atoms with Gasteiger partial charge in [-0.3, -0.25) is 18.7 Å². The van der Waals surface area contributed by atoms with Gasteiger partial charge in [0.2, 0.25) is 5.91 Å². The Kier molecular flexibility index (Phi) is 5.33. The molecule has 1 saturated heterocycles. The van der Waals surface area contributed by atoms with Crippen molar-refractivity contribution in [3.63, 3.8) is 0 Å². The molecular weight excluding hydrogens is 426 g/mol. The van der Waals surface area contributed by atoms with Crippen LogP contribution in [0.1, 0.15) is 18.6 Å². The van der Waals surface area contributed by atoms with Gasteiger partial charge in [-0.1, -0.05) is 0 Å². The largest absolute Gasteiger partial charge is 0.468 e. The maximum Gasteiger partial charge on any atom is 0.332 e. The van der Waals surface area contributed by atoms with E-state index in [1.54, 1.807) is 17.0 Å². The summed E-state index contributed by atoms with van der Waals surface area (Å²) in [6.07, 6.45) is 3.49. The van der Waals surface area contributed by atoms with E-state index < -0.39 is 26.3 Å². The van der Waals surface area contributed by atoms with E-state index in [1.165, 1.54) is 35.8 Å². The molecule has 0 atom stereocenters. The highest BCUT2D eigenvalue weighted by atomic mass is 32.2. The molecule has 0 saturated carbocycles. The monoisotopic (exact) mass is 449 g/mol. The lowest BCUT2D eigenvalue weighted by Crippen LogP contribution is -2.44. The topological polar surface area (TPSA) is 129 Å². The van der Waals surface area contributed by atoms with Gasteiger partial charge in [0, 0.05) is 27.2 Å². The van der Waals surface area contributed by atoms with Crippen molar-refractivity contribution in [2.45, 2.75) is 30.4 Å². The Balaban J connectivity index is 1.45. The average Bonchev–Trinajstić information content (AvgIpc) is 3.40. The maximum absolute atomic E-state index is 12.8. The molecule has 0 aromatic carbocycles. The van der Waals surface area contributed by atoms with E-state index in [-0.39, 0.29) is 29.4 Å². The molecule has 3 aromatic rings. The van der Waals surface area contributed by atoms with Crippen LogP contribution in [0.5, 0.6) is 0 Å². The molecule has 166 valence electrons. The quantitative estimate of drug-likeness (QED) is 0.520. The number of hydrogen-bond acceptors (Lipinski definition) is 7. The average molecular weight is 449 g/mol. The molecule has 4 heterocycles. The van der Waals surface area contributed by atoms with Crippen LogP contribution in [0.25, 0.3) is 11.2 Å². The molecule has 11 nitrogen and oxygen atoms in total. The number of sulfone groups is 1. The van der Waals surface area contributed by atoms with Crippen LogP contribution in [0.2, 0.25) is 0 Å². The molecule has 31 heavy (non-hydrogen) atoms. The fourth-order valence-corrected chi connectivity index (χ4v) is 5.66. The molecule has 0 radical (unpaired) electrons. The second kappa shape index (κ2) is 7.84. The van der Waals surface area contributed by atoms with Gasteiger partial charge in [-0.05, 0) is 25.0 Å². The molecule has 4 rings (SSSR count). The fourth-order valence-electron chi connectivity index (χ4n) is 3.94. The van der Waals surface area contributed by atoms with Crippen molar-refractivity contribution < 1.29 is 17.6 Å². The summed E-state index contributed by atoms with van der Waals surface area (Å²) >= 11 is 0. The second-order valence-corrected chi connectivity index (χ2v) is 10.00. The van der Waals surface area contributed by atoms with Crippen molar-refractivity contribution >= 4 is 26.9 Å². The molecule has 0 unspecified atom stereocenters. The van der Waals surface area contributed by atoms with Gasteiger partial charge < -0.3 is 13.9 Å². The van der Waals surface area contributed by atoms with E-state index >= 15 is 0 Å². The van der Waals surface area contributed by atoms with Gasteiger partial charge in [0.1, 0.15) is 18.1 Å². The van der Waals surface area contributed by atoms with E-state index in [2.05, 4.69) is 4.98 Å². The summed E-state index contributed by atoms with van der Waals surface area (Å²) in [5, 5.41) is -0.530. The third kappa shape index (κ3) is 3.82. The summed E-state index contributed by atoms with van der Waals surface area (Å²) in [6.45, 7) is 0.502. The Labute approximate surface area is 177 Å². The van der Waals surface area contributed by atoms with Crippen LogP contribution in [0.3, 0.4) is 0 Å². The lowest BCUT2D eigenvalue weighted by molar-refractivity contribution is -0.132. The number of fused-ring (bicyclic) bond motifs is 1. The van der Waals surface area contributed by atoms with Crippen LogP contribution in [0.4, 0.5) is 0 Å². The Morgan fingerprint density at radius 2 is 1.90 bits per heavy atom. The van der Waals surface area contributed by atoms with Gasteiger partial charge in [-0.2, -0.15) is 0 Å². The Morgan fingerprint density at radius 3 is 2.55 bits per heavy atom. The highest BCUT2D eigenvalue weighted by Crippen LogP contribution is 2.22. The smallest absolute Gasteiger partial charge is 0.332 e. The number of carbonyl (C=O) groups excluding carboxylic acids is 1. The van der Waals surface area contributed by atoms with Gasteiger partial charge in [0.05, 0.1) is 17.8 Å².